The Hall–Kier alpha value is -0.630. The summed E-state index contributed by atoms with van der Waals surface area (Å²) in [5.41, 5.74) is -0.369. The molecule has 0 amide bonds. The molecule has 1 aliphatic rings. The molecular weight excluding hydrogens is 224 g/mol. The van der Waals surface area contributed by atoms with Crippen LogP contribution in [-0.4, -0.2) is 61.7 Å². The summed E-state index contributed by atoms with van der Waals surface area (Å²) in [6, 6.07) is 3.11. The zero-order valence-corrected chi connectivity index (χ0v) is 12.4. The van der Waals surface area contributed by atoms with Gasteiger partial charge in [0, 0.05) is 19.1 Å². The van der Waals surface area contributed by atoms with E-state index < -0.39 is 0 Å². The molecule has 0 aliphatic carbocycles. The second kappa shape index (κ2) is 7.08. The molecule has 0 spiro atoms. The number of nitrogens with zero attached hydrogens (tertiary/aromatic N) is 3. The van der Waals surface area contributed by atoms with E-state index in [1.807, 2.05) is 6.92 Å². The third-order valence-corrected chi connectivity index (χ3v) is 3.92. The summed E-state index contributed by atoms with van der Waals surface area (Å²) < 4.78 is 0. The third kappa shape index (κ3) is 4.56. The van der Waals surface area contributed by atoms with E-state index in [0.29, 0.717) is 6.04 Å². The van der Waals surface area contributed by atoms with Crippen LogP contribution in [-0.2, 0) is 0 Å². The molecule has 1 saturated heterocycles. The normalized spacial score (nSPS) is 24.1. The Labute approximate surface area is 112 Å². The maximum atomic E-state index is 9.29. The lowest BCUT2D eigenvalue weighted by Crippen LogP contribution is -2.44. The van der Waals surface area contributed by atoms with Gasteiger partial charge in [0.05, 0.1) is 6.07 Å². The van der Waals surface area contributed by atoms with Gasteiger partial charge in [-0.25, -0.2) is 0 Å². The average molecular weight is 252 g/mol. The summed E-state index contributed by atoms with van der Waals surface area (Å²) in [6.07, 6.45) is 3.23. The molecule has 18 heavy (non-hydrogen) atoms. The molecule has 1 heterocycles. The minimum atomic E-state index is -0.369. The van der Waals surface area contributed by atoms with Gasteiger partial charge < -0.3 is 9.80 Å². The fourth-order valence-electron chi connectivity index (χ4n) is 2.40. The number of likely N-dealkylation sites (tertiary alicyclic amines) is 1. The highest BCUT2D eigenvalue weighted by Crippen LogP contribution is 2.16. The molecule has 1 rings (SSSR count). The molecule has 1 fully saturated rings. The van der Waals surface area contributed by atoms with Crippen LogP contribution in [0.1, 0.15) is 33.1 Å². The van der Waals surface area contributed by atoms with Crippen LogP contribution < -0.4 is 5.32 Å². The molecule has 2 unspecified atom stereocenters. The van der Waals surface area contributed by atoms with Crippen molar-refractivity contribution < 1.29 is 0 Å². The van der Waals surface area contributed by atoms with Crippen molar-refractivity contribution in [2.75, 3.05) is 40.3 Å². The Balaban J connectivity index is 2.34. The van der Waals surface area contributed by atoms with Crippen molar-refractivity contribution in [1.29, 1.82) is 5.26 Å². The van der Waals surface area contributed by atoms with E-state index in [1.165, 1.54) is 6.42 Å². The van der Waals surface area contributed by atoms with E-state index in [4.69, 9.17) is 0 Å². The smallest absolute Gasteiger partial charge is 0.105 e. The Morgan fingerprint density at radius 3 is 2.72 bits per heavy atom. The van der Waals surface area contributed by atoms with Gasteiger partial charge >= 0.3 is 0 Å². The second-order valence-corrected chi connectivity index (χ2v) is 5.83. The fourth-order valence-corrected chi connectivity index (χ4v) is 2.40. The molecule has 4 nitrogen and oxygen atoms in total. The van der Waals surface area contributed by atoms with Gasteiger partial charge in [-0.05, 0) is 53.4 Å². The van der Waals surface area contributed by atoms with E-state index in [9.17, 15) is 5.26 Å². The predicted octanol–water partition coefficient (Wildman–Crippen LogP) is 1.29. The van der Waals surface area contributed by atoms with Crippen LogP contribution in [0.15, 0.2) is 0 Å². The first-order chi connectivity index (χ1) is 8.50. The van der Waals surface area contributed by atoms with E-state index in [0.717, 1.165) is 39.0 Å². The Kier molecular flexibility index (Phi) is 6.07. The molecule has 0 aromatic heterocycles. The van der Waals surface area contributed by atoms with Crippen molar-refractivity contribution in [1.82, 2.24) is 15.1 Å². The molecule has 4 heteroatoms. The van der Waals surface area contributed by atoms with Gasteiger partial charge in [-0.3, -0.25) is 5.32 Å². The van der Waals surface area contributed by atoms with Crippen molar-refractivity contribution in [2.45, 2.75) is 44.7 Å². The Morgan fingerprint density at radius 1 is 1.50 bits per heavy atom. The van der Waals surface area contributed by atoms with Crippen LogP contribution in [0.4, 0.5) is 0 Å². The number of hydrogen-bond donors (Lipinski definition) is 1. The largest absolute Gasteiger partial charge is 0.305 e. The lowest BCUT2D eigenvalue weighted by molar-refractivity contribution is 0.252. The number of likely N-dealkylation sites (N-methyl/N-ethyl adjacent to an activating group) is 1. The molecule has 104 valence electrons. The van der Waals surface area contributed by atoms with Crippen LogP contribution in [0, 0.1) is 11.3 Å². The number of rotatable bonds is 7. The Morgan fingerprint density at radius 2 is 2.22 bits per heavy atom. The molecule has 0 aromatic carbocycles. The van der Waals surface area contributed by atoms with Crippen LogP contribution in [0.3, 0.4) is 0 Å². The number of hydrogen-bond acceptors (Lipinski definition) is 4. The first kappa shape index (κ1) is 15.4. The average Bonchev–Trinajstić information content (AvgIpc) is 2.83. The maximum absolute atomic E-state index is 9.29. The van der Waals surface area contributed by atoms with Crippen LogP contribution >= 0.6 is 0 Å². The first-order valence-corrected chi connectivity index (χ1v) is 7.06. The zero-order valence-electron chi connectivity index (χ0n) is 12.4. The SMILES string of the molecule is CCCNC(C)(C#N)CCN1CCC(N(C)C)C1. The van der Waals surface area contributed by atoms with E-state index in [1.54, 1.807) is 0 Å². The molecule has 0 aromatic rings. The molecule has 0 bridgehead atoms. The van der Waals surface area contributed by atoms with E-state index in [2.05, 4.69) is 42.2 Å². The zero-order chi connectivity index (χ0) is 13.6. The van der Waals surface area contributed by atoms with Crippen molar-refractivity contribution in [3.8, 4) is 6.07 Å². The molecule has 1 N–H and O–H groups in total. The standard InChI is InChI=1S/C14H28N4/c1-5-8-16-14(2,12-15)7-10-18-9-6-13(11-18)17(3)4/h13,16H,5-11H2,1-4H3. The monoisotopic (exact) mass is 252 g/mol. The van der Waals surface area contributed by atoms with Crippen LogP contribution in [0.25, 0.3) is 0 Å². The van der Waals surface area contributed by atoms with Crippen molar-refractivity contribution in [3.05, 3.63) is 0 Å². The highest BCUT2D eigenvalue weighted by molar-refractivity contribution is 5.04. The minimum Gasteiger partial charge on any atom is -0.305 e. The molecule has 0 radical (unpaired) electrons. The summed E-state index contributed by atoms with van der Waals surface area (Å²) in [4.78, 5) is 4.78. The summed E-state index contributed by atoms with van der Waals surface area (Å²) in [5, 5.41) is 12.6. The van der Waals surface area contributed by atoms with Crippen molar-refractivity contribution >= 4 is 0 Å². The number of nitriles is 1. The van der Waals surface area contributed by atoms with Gasteiger partial charge in [0.25, 0.3) is 0 Å². The summed E-state index contributed by atoms with van der Waals surface area (Å²) in [7, 11) is 4.30. The second-order valence-electron chi connectivity index (χ2n) is 5.83. The minimum absolute atomic E-state index is 0.369. The van der Waals surface area contributed by atoms with E-state index in [-0.39, 0.29) is 5.54 Å². The van der Waals surface area contributed by atoms with Crippen LogP contribution in [0.2, 0.25) is 0 Å². The van der Waals surface area contributed by atoms with Crippen molar-refractivity contribution in [2.24, 2.45) is 0 Å². The third-order valence-electron chi connectivity index (χ3n) is 3.92. The Bertz CT molecular complexity index is 284. The van der Waals surface area contributed by atoms with Gasteiger partial charge in [0.15, 0.2) is 0 Å². The van der Waals surface area contributed by atoms with Crippen LogP contribution in [0.5, 0.6) is 0 Å². The summed E-state index contributed by atoms with van der Waals surface area (Å²) in [6.45, 7) is 8.39. The number of nitrogens with one attached hydrogen (secondary N) is 1. The lowest BCUT2D eigenvalue weighted by Gasteiger charge is -2.26. The lowest BCUT2D eigenvalue weighted by atomic mass is 9.99. The molecule has 0 saturated carbocycles. The first-order valence-electron chi connectivity index (χ1n) is 7.06. The topological polar surface area (TPSA) is 42.3 Å². The molecule has 1 aliphatic heterocycles. The molecular formula is C14H28N4. The molecule has 2 atom stereocenters. The van der Waals surface area contributed by atoms with Gasteiger partial charge in [-0.2, -0.15) is 5.26 Å². The quantitative estimate of drug-likeness (QED) is 0.741. The maximum Gasteiger partial charge on any atom is 0.105 e. The van der Waals surface area contributed by atoms with Crippen molar-refractivity contribution in [3.63, 3.8) is 0 Å². The summed E-state index contributed by atoms with van der Waals surface area (Å²) in [5.74, 6) is 0. The highest BCUT2D eigenvalue weighted by Gasteiger charge is 2.27. The highest BCUT2D eigenvalue weighted by atomic mass is 15.2. The fraction of sp³-hybridized carbons (Fsp3) is 0.929. The van der Waals surface area contributed by atoms with E-state index >= 15 is 0 Å². The van der Waals surface area contributed by atoms with Gasteiger partial charge in [0.1, 0.15) is 5.54 Å². The predicted molar refractivity (Wildman–Crippen MR) is 75.5 cm³/mol. The van der Waals surface area contributed by atoms with Gasteiger partial charge in [-0.1, -0.05) is 6.92 Å². The van der Waals surface area contributed by atoms with Gasteiger partial charge in [-0.15, -0.1) is 0 Å². The van der Waals surface area contributed by atoms with Gasteiger partial charge in [0.2, 0.25) is 0 Å². The summed E-state index contributed by atoms with van der Waals surface area (Å²) >= 11 is 0.